The summed E-state index contributed by atoms with van der Waals surface area (Å²) in [5.41, 5.74) is 1.46. The van der Waals surface area contributed by atoms with E-state index in [1.54, 1.807) is 43.3 Å². The Labute approximate surface area is 180 Å². The molecule has 30 heavy (non-hydrogen) atoms. The van der Waals surface area contributed by atoms with E-state index >= 15 is 0 Å². The number of hydrogen-bond acceptors (Lipinski definition) is 6. The number of amides is 1. The molecule has 2 heterocycles. The molecule has 1 fully saturated rings. The van der Waals surface area contributed by atoms with Crippen molar-refractivity contribution in [2.24, 2.45) is 0 Å². The van der Waals surface area contributed by atoms with Crippen LogP contribution in [0.15, 0.2) is 63.9 Å². The Morgan fingerprint density at radius 3 is 2.73 bits per heavy atom. The van der Waals surface area contributed by atoms with Gasteiger partial charge in [-0.3, -0.25) is 19.8 Å². The Hall–Kier alpha value is -3.30. The van der Waals surface area contributed by atoms with E-state index in [1.165, 1.54) is 29.2 Å². The summed E-state index contributed by atoms with van der Waals surface area (Å²) in [4.78, 5) is 25.1. The van der Waals surface area contributed by atoms with Gasteiger partial charge in [-0.2, -0.15) is 0 Å². The number of hydrogen-bond donors (Lipinski definition) is 0. The Morgan fingerprint density at radius 2 is 2.00 bits per heavy atom. The first-order valence-electron chi connectivity index (χ1n) is 8.72. The van der Waals surface area contributed by atoms with Gasteiger partial charge in [-0.1, -0.05) is 42.2 Å². The molecule has 150 valence electrons. The fourth-order valence-corrected chi connectivity index (χ4v) is 4.26. The second-order valence-corrected chi connectivity index (χ2v) is 8.13. The summed E-state index contributed by atoms with van der Waals surface area (Å²) < 4.78 is 19.6. The van der Waals surface area contributed by atoms with Gasteiger partial charge in [0.25, 0.3) is 11.6 Å². The van der Waals surface area contributed by atoms with Gasteiger partial charge in [0.1, 0.15) is 17.3 Å². The van der Waals surface area contributed by atoms with Crippen molar-refractivity contribution in [1.29, 1.82) is 0 Å². The number of benzene rings is 2. The van der Waals surface area contributed by atoms with Gasteiger partial charge in [-0.15, -0.1) is 0 Å². The highest BCUT2D eigenvalue weighted by Gasteiger charge is 2.33. The molecule has 0 unspecified atom stereocenters. The van der Waals surface area contributed by atoms with E-state index in [0.717, 1.165) is 11.8 Å². The van der Waals surface area contributed by atoms with Gasteiger partial charge in [0, 0.05) is 23.3 Å². The largest absolute Gasteiger partial charge is 0.457 e. The molecule has 1 aromatic heterocycles. The lowest BCUT2D eigenvalue weighted by Gasteiger charge is -2.14. The van der Waals surface area contributed by atoms with Crippen LogP contribution < -0.4 is 4.90 Å². The minimum absolute atomic E-state index is 0.00131. The molecule has 1 aliphatic rings. The van der Waals surface area contributed by atoms with E-state index in [9.17, 15) is 19.3 Å². The standard InChI is InChI=1S/C21H13FN2O4S2/c1-12-5-6-13(9-17(12)24(26)27)18-8-7-16(28-18)11-19-20(25)23(21(29)30-19)15-4-2-3-14(22)10-15/h2-11H,1H3/b19-11-. The summed E-state index contributed by atoms with van der Waals surface area (Å²) in [5.74, 6) is -0.00847. The summed E-state index contributed by atoms with van der Waals surface area (Å²) in [7, 11) is 0. The first-order valence-corrected chi connectivity index (χ1v) is 9.95. The Kier molecular flexibility index (Phi) is 5.23. The Balaban J connectivity index is 1.62. The van der Waals surface area contributed by atoms with E-state index in [2.05, 4.69) is 0 Å². The first-order chi connectivity index (χ1) is 14.3. The van der Waals surface area contributed by atoms with Crippen molar-refractivity contribution < 1.29 is 18.5 Å². The highest BCUT2D eigenvalue weighted by Crippen LogP contribution is 2.37. The minimum atomic E-state index is -0.464. The van der Waals surface area contributed by atoms with E-state index in [4.69, 9.17) is 16.6 Å². The smallest absolute Gasteiger partial charge is 0.273 e. The van der Waals surface area contributed by atoms with Crippen molar-refractivity contribution in [2.45, 2.75) is 6.92 Å². The molecule has 1 amide bonds. The number of rotatable bonds is 4. The lowest BCUT2D eigenvalue weighted by molar-refractivity contribution is -0.385. The van der Waals surface area contributed by atoms with E-state index in [-0.39, 0.29) is 15.9 Å². The van der Waals surface area contributed by atoms with Gasteiger partial charge in [0.15, 0.2) is 4.32 Å². The first kappa shape index (κ1) is 20.0. The number of nitrogens with zero attached hydrogens (tertiary/aromatic N) is 2. The molecule has 9 heteroatoms. The molecule has 1 aliphatic heterocycles. The maximum absolute atomic E-state index is 13.5. The number of carbonyl (C=O) groups is 1. The maximum Gasteiger partial charge on any atom is 0.273 e. The van der Waals surface area contributed by atoms with Gasteiger partial charge < -0.3 is 4.42 Å². The lowest BCUT2D eigenvalue weighted by atomic mass is 10.1. The summed E-state index contributed by atoms with van der Waals surface area (Å²) >= 11 is 6.37. The van der Waals surface area contributed by atoms with Crippen molar-refractivity contribution in [1.82, 2.24) is 0 Å². The molecule has 6 nitrogen and oxygen atoms in total. The molecule has 0 spiro atoms. The quantitative estimate of drug-likeness (QED) is 0.224. The molecule has 0 N–H and O–H groups in total. The second kappa shape index (κ2) is 7.85. The average Bonchev–Trinajstić information content (AvgIpc) is 3.26. The van der Waals surface area contributed by atoms with Crippen LogP contribution in [0, 0.1) is 22.9 Å². The Morgan fingerprint density at radius 1 is 1.20 bits per heavy atom. The number of nitro benzene ring substituents is 1. The Bertz CT molecular complexity index is 1240. The monoisotopic (exact) mass is 440 g/mol. The predicted molar refractivity (Wildman–Crippen MR) is 118 cm³/mol. The number of furan rings is 1. The number of halogens is 1. The maximum atomic E-state index is 13.5. The minimum Gasteiger partial charge on any atom is -0.457 e. The fourth-order valence-electron chi connectivity index (χ4n) is 2.98. The molecule has 3 aromatic rings. The second-order valence-electron chi connectivity index (χ2n) is 6.46. The van der Waals surface area contributed by atoms with Crippen LogP contribution in [-0.2, 0) is 4.79 Å². The third-order valence-corrected chi connectivity index (χ3v) is 5.75. The van der Waals surface area contributed by atoms with Gasteiger partial charge in [0.2, 0.25) is 0 Å². The highest BCUT2D eigenvalue weighted by atomic mass is 32.2. The summed E-state index contributed by atoms with van der Waals surface area (Å²) in [6.45, 7) is 1.66. The fraction of sp³-hybridized carbons (Fsp3) is 0.0476. The zero-order valence-electron chi connectivity index (χ0n) is 15.5. The van der Waals surface area contributed by atoms with Crippen LogP contribution in [0.4, 0.5) is 15.8 Å². The van der Waals surface area contributed by atoms with Crippen LogP contribution in [-0.4, -0.2) is 15.2 Å². The molecule has 0 atom stereocenters. The molecule has 0 aliphatic carbocycles. The molecule has 0 bridgehead atoms. The average molecular weight is 440 g/mol. The van der Waals surface area contributed by atoms with Crippen LogP contribution >= 0.6 is 24.0 Å². The zero-order valence-corrected chi connectivity index (χ0v) is 17.1. The molecule has 0 saturated carbocycles. The van der Waals surface area contributed by atoms with Crippen molar-refractivity contribution >= 4 is 51.7 Å². The summed E-state index contributed by atoms with van der Waals surface area (Å²) in [6.07, 6.45) is 1.55. The van der Waals surface area contributed by atoms with Crippen LogP contribution in [0.25, 0.3) is 17.4 Å². The SMILES string of the molecule is Cc1ccc(-c2ccc(/C=C3\SC(=S)N(c4cccc(F)c4)C3=O)o2)cc1[N+](=O)[O-]. The van der Waals surface area contributed by atoms with Gasteiger partial charge in [-0.25, -0.2) is 4.39 Å². The lowest BCUT2D eigenvalue weighted by Crippen LogP contribution is -2.27. The van der Waals surface area contributed by atoms with Crippen LogP contribution in [0.2, 0.25) is 0 Å². The number of carbonyl (C=O) groups excluding carboxylic acids is 1. The summed E-state index contributed by atoms with van der Waals surface area (Å²) in [6, 6.07) is 13.8. The zero-order chi connectivity index (χ0) is 21.4. The third kappa shape index (κ3) is 3.77. The van der Waals surface area contributed by atoms with Crippen molar-refractivity contribution in [3.63, 3.8) is 0 Å². The van der Waals surface area contributed by atoms with Gasteiger partial charge in [-0.05, 0) is 37.3 Å². The van der Waals surface area contributed by atoms with Crippen LogP contribution in [0.5, 0.6) is 0 Å². The number of thiocarbonyl (C=S) groups is 1. The number of thioether (sulfide) groups is 1. The van der Waals surface area contributed by atoms with Crippen LogP contribution in [0.3, 0.4) is 0 Å². The van der Waals surface area contributed by atoms with Crippen molar-refractivity contribution in [2.75, 3.05) is 4.90 Å². The van der Waals surface area contributed by atoms with Crippen molar-refractivity contribution in [3.8, 4) is 11.3 Å². The number of anilines is 1. The van der Waals surface area contributed by atoms with Crippen LogP contribution in [0.1, 0.15) is 11.3 Å². The topological polar surface area (TPSA) is 76.6 Å². The van der Waals surface area contributed by atoms with E-state index < -0.39 is 10.7 Å². The number of aryl methyl sites for hydroxylation is 1. The predicted octanol–water partition coefficient (Wildman–Crippen LogP) is 5.71. The van der Waals surface area contributed by atoms with Crippen molar-refractivity contribution in [3.05, 3.63) is 86.8 Å². The normalized spacial score (nSPS) is 15.3. The van der Waals surface area contributed by atoms with Gasteiger partial charge in [0.05, 0.1) is 15.5 Å². The molecular weight excluding hydrogens is 427 g/mol. The third-order valence-electron chi connectivity index (χ3n) is 4.45. The summed E-state index contributed by atoms with van der Waals surface area (Å²) in [5, 5.41) is 11.2. The molecular formula is C21H13FN2O4S2. The molecule has 2 aromatic carbocycles. The van der Waals surface area contributed by atoms with Gasteiger partial charge >= 0.3 is 0 Å². The number of nitro groups is 1. The van der Waals surface area contributed by atoms with E-state index in [1.807, 2.05) is 0 Å². The molecule has 1 saturated heterocycles. The molecule has 0 radical (unpaired) electrons. The van der Waals surface area contributed by atoms with E-state index in [0.29, 0.717) is 33.2 Å². The highest BCUT2D eigenvalue weighted by molar-refractivity contribution is 8.27. The molecule has 4 rings (SSSR count).